The third-order valence-corrected chi connectivity index (χ3v) is 5.00. The molecule has 3 heterocycles. The van der Waals surface area contributed by atoms with Gasteiger partial charge in [-0.05, 0) is 57.4 Å². The maximum Gasteiger partial charge on any atom is 0.295 e. The topological polar surface area (TPSA) is 92.5 Å². The van der Waals surface area contributed by atoms with Crippen LogP contribution in [0.5, 0.6) is 11.5 Å². The first-order valence-corrected chi connectivity index (χ1v) is 9.34. The first kappa shape index (κ1) is 19.1. The number of carbonyl (C=O) groups excluding carboxylic acids is 2. The van der Waals surface area contributed by atoms with E-state index < -0.39 is 17.7 Å². The highest BCUT2D eigenvalue weighted by atomic mass is 16.7. The van der Waals surface area contributed by atoms with Gasteiger partial charge in [-0.3, -0.25) is 9.59 Å². The van der Waals surface area contributed by atoms with Crippen molar-refractivity contribution >= 4 is 17.4 Å². The summed E-state index contributed by atoms with van der Waals surface area (Å²) in [5.74, 6) is -0.176. The van der Waals surface area contributed by atoms with Crippen LogP contribution >= 0.6 is 0 Å². The molecule has 0 bridgehead atoms. The standard InChI is InChI=1S/C21H22N2O6/c1-22(2)8-4-9-23-18(15-5-3-10-27-15)17(20(25)21(23)26)19(24)13-6-7-14-16(11-13)29-12-28-14/h3,5-7,10-11,18,24H,4,8-9,12H2,1-2H3. The van der Waals surface area contributed by atoms with Gasteiger partial charge in [-0.25, -0.2) is 0 Å². The second kappa shape index (κ2) is 7.63. The molecule has 0 aliphatic carbocycles. The van der Waals surface area contributed by atoms with E-state index in [-0.39, 0.29) is 18.1 Å². The molecule has 4 rings (SSSR count). The summed E-state index contributed by atoms with van der Waals surface area (Å²) in [6.07, 6.45) is 2.16. The number of amides is 1. The Morgan fingerprint density at radius 1 is 1.21 bits per heavy atom. The van der Waals surface area contributed by atoms with E-state index in [9.17, 15) is 14.7 Å². The van der Waals surface area contributed by atoms with Crippen molar-refractivity contribution in [3.05, 3.63) is 53.5 Å². The van der Waals surface area contributed by atoms with Crippen LogP contribution in [0.2, 0.25) is 0 Å². The number of ether oxygens (including phenoxy) is 2. The molecular weight excluding hydrogens is 376 g/mol. The first-order chi connectivity index (χ1) is 14.0. The van der Waals surface area contributed by atoms with Crippen LogP contribution in [-0.2, 0) is 9.59 Å². The normalized spacial score (nSPS) is 20.1. The number of likely N-dealkylation sites (tertiary alicyclic amines) is 1. The van der Waals surface area contributed by atoms with Crippen LogP contribution in [0, 0.1) is 0 Å². The smallest absolute Gasteiger partial charge is 0.295 e. The number of hydrogen-bond donors (Lipinski definition) is 1. The Hall–Kier alpha value is -3.26. The molecule has 1 aromatic heterocycles. The Labute approximate surface area is 167 Å². The Bertz CT molecular complexity index is 964. The first-order valence-electron chi connectivity index (χ1n) is 9.34. The summed E-state index contributed by atoms with van der Waals surface area (Å²) in [6.45, 7) is 1.23. The van der Waals surface area contributed by atoms with Gasteiger partial charge in [0, 0.05) is 12.1 Å². The molecule has 2 aliphatic rings. The Kier molecular flexibility index (Phi) is 5.02. The summed E-state index contributed by atoms with van der Waals surface area (Å²) < 4.78 is 16.2. The van der Waals surface area contributed by atoms with E-state index in [0.717, 1.165) is 6.54 Å². The lowest BCUT2D eigenvalue weighted by molar-refractivity contribution is -0.140. The van der Waals surface area contributed by atoms with Gasteiger partial charge in [-0.2, -0.15) is 0 Å². The lowest BCUT2D eigenvalue weighted by Crippen LogP contribution is -2.32. The van der Waals surface area contributed by atoms with Gasteiger partial charge in [0.05, 0.1) is 11.8 Å². The molecule has 8 nitrogen and oxygen atoms in total. The van der Waals surface area contributed by atoms with Gasteiger partial charge in [-0.1, -0.05) is 0 Å². The molecule has 152 valence electrons. The van der Waals surface area contributed by atoms with Crippen molar-refractivity contribution < 1.29 is 28.6 Å². The number of aliphatic hydroxyl groups is 1. The number of Topliss-reactive ketones (excluding diaryl/α,β-unsaturated/α-hetero) is 1. The molecule has 1 aromatic carbocycles. The highest BCUT2D eigenvalue weighted by Crippen LogP contribution is 2.41. The number of carbonyl (C=O) groups is 2. The Morgan fingerprint density at radius 3 is 2.72 bits per heavy atom. The SMILES string of the molecule is CN(C)CCCN1C(=O)C(=O)C(=C(O)c2ccc3c(c2)OCO3)C1c1ccco1. The molecule has 1 fully saturated rings. The summed E-state index contributed by atoms with van der Waals surface area (Å²) in [5.41, 5.74) is 0.380. The van der Waals surface area contributed by atoms with Crippen LogP contribution in [0.4, 0.5) is 0 Å². The molecule has 2 aliphatic heterocycles. The minimum absolute atomic E-state index is 0.00803. The predicted molar refractivity (Wildman–Crippen MR) is 103 cm³/mol. The molecular formula is C21H22N2O6. The van der Waals surface area contributed by atoms with Crippen LogP contribution in [-0.4, -0.2) is 60.6 Å². The highest BCUT2D eigenvalue weighted by Gasteiger charge is 2.47. The number of benzene rings is 1. The average Bonchev–Trinajstić information content (AvgIpc) is 3.43. The number of ketones is 1. The molecule has 0 saturated carbocycles. The minimum atomic E-state index is -0.780. The fourth-order valence-electron chi connectivity index (χ4n) is 3.61. The zero-order valence-corrected chi connectivity index (χ0v) is 16.3. The van der Waals surface area contributed by atoms with Gasteiger partial charge in [0.15, 0.2) is 11.5 Å². The van der Waals surface area contributed by atoms with E-state index >= 15 is 0 Å². The van der Waals surface area contributed by atoms with Crippen LogP contribution in [0.25, 0.3) is 5.76 Å². The van der Waals surface area contributed by atoms with Gasteiger partial charge in [0.1, 0.15) is 17.6 Å². The monoisotopic (exact) mass is 398 g/mol. The van der Waals surface area contributed by atoms with Gasteiger partial charge >= 0.3 is 0 Å². The van der Waals surface area contributed by atoms with Crippen LogP contribution < -0.4 is 9.47 Å². The number of rotatable bonds is 6. The number of aliphatic hydroxyl groups excluding tert-OH is 1. The van der Waals surface area contributed by atoms with Gasteiger partial charge in [0.25, 0.3) is 11.7 Å². The zero-order chi connectivity index (χ0) is 20.5. The number of nitrogens with zero attached hydrogens (tertiary/aromatic N) is 2. The van der Waals surface area contributed by atoms with Crippen molar-refractivity contribution in [3.63, 3.8) is 0 Å². The maximum absolute atomic E-state index is 12.8. The van der Waals surface area contributed by atoms with Crippen molar-refractivity contribution in [2.24, 2.45) is 0 Å². The van der Waals surface area contributed by atoms with E-state index in [0.29, 0.717) is 35.8 Å². The van der Waals surface area contributed by atoms with Crippen molar-refractivity contribution in [2.45, 2.75) is 12.5 Å². The van der Waals surface area contributed by atoms with E-state index in [1.54, 1.807) is 30.3 Å². The summed E-state index contributed by atoms with van der Waals surface area (Å²) in [7, 11) is 3.88. The lowest BCUT2D eigenvalue weighted by Gasteiger charge is -2.24. The second-order valence-electron chi connectivity index (χ2n) is 7.23. The summed E-state index contributed by atoms with van der Waals surface area (Å²) in [5, 5.41) is 11.0. The Balaban J connectivity index is 1.74. The fourth-order valence-corrected chi connectivity index (χ4v) is 3.61. The zero-order valence-electron chi connectivity index (χ0n) is 16.3. The number of hydrogen-bond acceptors (Lipinski definition) is 7. The second-order valence-corrected chi connectivity index (χ2v) is 7.23. The minimum Gasteiger partial charge on any atom is -0.507 e. The van der Waals surface area contributed by atoms with Gasteiger partial charge in [-0.15, -0.1) is 0 Å². The average molecular weight is 398 g/mol. The maximum atomic E-state index is 12.8. The molecule has 29 heavy (non-hydrogen) atoms. The summed E-state index contributed by atoms with van der Waals surface area (Å²) >= 11 is 0. The number of fused-ring (bicyclic) bond motifs is 1. The quantitative estimate of drug-likeness (QED) is 0.454. The van der Waals surface area contributed by atoms with E-state index in [1.807, 2.05) is 19.0 Å². The summed E-state index contributed by atoms with van der Waals surface area (Å²) in [4.78, 5) is 29.1. The molecule has 1 saturated heterocycles. The molecule has 2 aromatic rings. The Morgan fingerprint density at radius 2 is 2.00 bits per heavy atom. The summed E-state index contributed by atoms with van der Waals surface area (Å²) in [6, 6.07) is 7.49. The molecule has 1 atom stereocenters. The lowest BCUT2D eigenvalue weighted by atomic mass is 9.99. The van der Waals surface area contributed by atoms with Gasteiger partial charge < -0.3 is 28.8 Å². The fraction of sp³-hybridized carbons (Fsp3) is 0.333. The van der Waals surface area contributed by atoms with Crippen LogP contribution in [0.3, 0.4) is 0 Å². The van der Waals surface area contributed by atoms with Crippen LogP contribution in [0.1, 0.15) is 23.8 Å². The molecule has 1 amide bonds. The number of furan rings is 1. The molecule has 1 unspecified atom stereocenters. The third kappa shape index (κ3) is 3.47. The predicted octanol–water partition coefficient (Wildman–Crippen LogP) is 2.38. The molecule has 8 heteroatoms. The van der Waals surface area contributed by atoms with Crippen molar-refractivity contribution in [2.75, 3.05) is 34.0 Å². The molecule has 0 radical (unpaired) electrons. The van der Waals surface area contributed by atoms with Crippen molar-refractivity contribution in [1.29, 1.82) is 0 Å². The van der Waals surface area contributed by atoms with Crippen molar-refractivity contribution in [1.82, 2.24) is 9.80 Å². The van der Waals surface area contributed by atoms with E-state index in [1.165, 1.54) is 11.2 Å². The van der Waals surface area contributed by atoms with Crippen LogP contribution in [0.15, 0.2) is 46.6 Å². The van der Waals surface area contributed by atoms with E-state index in [2.05, 4.69) is 0 Å². The molecule has 1 N–H and O–H groups in total. The van der Waals surface area contributed by atoms with Crippen molar-refractivity contribution in [3.8, 4) is 11.5 Å². The highest BCUT2D eigenvalue weighted by molar-refractivity contribution is 6.46. The van der Waals surface area contributed by atoms with E-state index in [4.69, 9.17) is 13.9 Å². The third-order valence-electron chi connectivity index (χ3n) is 5.00. The largest absolute Gasteiger partial charge is 0.507 e. The molecule has 0 spiro atoms. The van der Waals surface area contributed by atoms with Gasteiger partial charge in [0.2, 0.25) is 6.79 Å².